The van der Waals surface area contributed by atoms with Gasteiger partial charge in [-0.1, -0.05) is 66.2 Å². The van der Waals surface area contributed by atoms with Crippen molar-refractivity contribution in [2.75, 3.05) is 62.8 Å². The van der Waals surface area contributed by atoms with Crippen LogP contribution in [-0.2, 0) is 31.0 Å². The summed E-state index contributed by atoms with van der Waals surface area (Å²) in [6, 6.07) is 40.6. The molecule has 0 radical (unpaired) electrons. The number of carbonyl (C=O) groups excluding carboxylic acids is 1. The van der Waals surface area contributed by atoms with Gasteiger partial charge in [-0.3, -0.25) is 9.69 Å². The van der Waals surface area contributed by atoms with Crippen molar-refractivity contribution < 1.29 is 82.4 Å². The van der Waals surface area contributed by atoms with Crippen molar-refractivity contribution in [3.63, 3.8) is 0 Å². The normalized spacial score (nSPS) is 13.4. The van der Waals surface area contributed by atoms with Gasteiger partial charge in [0, 0.05) is 71.4 Å². The standard InChI is InChI=1S/C42H46ClN5O3S2.3C2HF3O2/c1-46(2)25-24-37(31-52-39-9-4-3-5-10-39)44-36-18-22-40(23-19-36)53(50,51)45-42(49)33-14-20-38(21-15-33)48-28-26-47(27-29-48)30-34-8-6-7-11-41(34)32-12-16-35(43)17-13-32;3*3-2(4,5)1(6)7/h3-23,37,44H,24-31H2,1-2H3,(H,45,49);3*(H,6,7)/t37-;;;/m1.../s1. The van der Waals surface area contributed by atoms with E-state index in [1.165, 1.54) is 28.2 Å². The maximum Gasteiger partial charge on any atom is 0.490 e. The molecule has 14 nitrogen and oxygen atoms in total. The summed E-state index contributed by atoms with van der Waals surface area (Å²) in [7, 11) is 0.0410. The van der Waals surface area contributed by atoms with Crippen LogP contribution in [0.3, 0.4) is 0 Å². The summed E-state index contributed by atoms with van der Waals surface area (Å²) < 4.78 is 124. The number of aliphatic carboxylic acids is 3. The van der Waals surface area contributed by atoms with E-state index in [1.54, 1.807) is 36.0 Å². The fraction of sp³-hybridized carbons (Fsp3) is 0.292. The molecular formula is C48H49ClF9N5O9S2. The largest absolute Gasteiger partial charge is 0.490 e. The molecule has 5 aromatic carbocycles. The lowest BCUT2D eigenvalue weighted by atomic mass is 9.99. The summed E-state index contributed by atoms with van der Waals surface area (Å²) in [4.78, 5) is 47.9. The van der Waals surface area contributed by atoms with E-state index >= 15 is 0 Å². The quantitative estimate of drug-likeness (QED) is 0.0491. The van der Waals surface area contributed by atoms with E-state index in [1.807, 2.05) is 42.5 Å². The van der Waals surface area contributed by atoms with Crippen molar-refractivity contribution in [2.45, 2.75) is 47.3 Å². The highest BCUT2D eigenvalue weighted by molar-refractivity contribution is 7.99. The van der Waals surface area contributed by atoms with Gasteiger partial charge in [0.25, 0.3) is 15.9 Å². The number of rotatable bonds is 15. The van der Waals surface area contributed by atoms with Crippen LogP contribution in [0.25, 0.3) is 11.1 Å². The molecule has 1 atom stereocenters. The lowest BCUT2D eigenvalue weighted by molar-refractivity contribution is -0.193. The average molecular weight is 1110 g/mol. The molecule has 5 aromatic rings. The number of anilines is 2. The lowest BCUT2D eigenvalue weighted by Crippen LogP contribution is -2.46. The van der Waals surface area contributed by atoms with Crippen LogP contribution in [0.4, 0.5) is 50.9 Å². The monoisotopic (exact) mass is 1110 g/mol. The van der Waals surface area contributed by atoms with E-state index in [0.717, 1.165) is 73.4 Å². The number of nitrogens with zero attached hydrogens (tertiary/aromatic N) is 3. The summed E-state index contributed by atoms with van der Waals surface area (Å²) >= 11 is 7.91. The third-order valence-electron chi connectivity index (χ3n) is 10.0. The average Bonchev–Trinajstić information content (AvgIpc) is 3.33. The van der Waals surface area contributed by atoms with Crippen LogP contribution < -0.4 is 14.9 Å². The first-order valence-corrected chi connectivity index (χ1v) is 24.4. The van der Waals surface area contributed by atoms with Gasteiger partial charge < -0.3 is 30.4 Å². The number of alkyl halides is 9. The molecule has 0 unspecified atom stereocenters. The Labute approximate surface area is 428 Å². The third-order valence-corrected chi connectivity index (χ3v) is 12.8. The number of nitrogens with one attached hydrogen (secondary N) is 2. The summed E-state index contributed by atoms with van der Waals surface area (Å²) in [6.45, 7) is 5.25. The molecule has 0 spiro atoms. The molecule has 74 heavy (non-hydrogen) atoms. The van der Waals surface area contributed by atoms with E-state index < -0.39 is 52.4 Å². The Balaban J connectivity index is 0.000000576. The molecular weight excluding hydrogens is 1060 g/mol. The van der Waals surface area contributed by atoms with Crippen molar-refractivity contribution in [2.24, 2.45) is 0 Å². The van der Waals surface area contributed by atoms with Gasteiger partial charge in [0.2, 0.25) is 0 Å². The van der Waals surface area contributed by atoms with Crippen LogP contribution >= 0.6 is 23.4 Å². The highest BCUT2D eigenvalue weighted by Gasteiger charge is 2.39. The zero-order valence-electron chi connectivity index (χ0n) is 39.1. The summed E-state index contributed by atoms with van der Waals surface area (Å²) in [5, 5.41) is 25.7. The molecule has 0 bridgehead atoms. The van der Waals surface area contributed by atoms with Gasteiger partial charge >= 0.3 is 36.4 Å². The maximum atomic E-state index is 13.2. The van der Waals surface area contributed by atoms with Crippen molar-refractivity contribution >= 4 is 68.6 Å². The molecule has 1 amide bonds. The summed E-state index contributed by atoms with van der Waals surface area (Å²) in [5.41, 5.74) is 5.75. The van der Waals surface area contributed by atoms with E-state index in [4.69, 9.17) is 41.3 Å². The second-order valence-electron chi connectivity index (χ2n) is 15.9. The van der Waals surface area contributed by atoms with Crippen LogP contribution in [0.1, 0.15) is 22.3 Å². The Morgan fingerprint density at radius 3 is 1.65 bits per heavy atom. The topological polar surface area (TPSA) is 197 Å². The number of carboxylic acid groups (broad SMARTS) is 3. The van der Waals surface area contributed by atoms with Crippen molar-refractivity contribution in [3.8, 4) is 11.1 Å². The third kappa shape index (κ3) is 21.9. The van der Waals surface area contributed by atoms with E-state index in [2.05, 4.69) is 87.4 Å². The summed E-state index contributed by atoms with van der Waals surface area (Å²) in [6.07, 6.45) is -14.3. The van der Waals surface area contributed by atoms with Gasteiger partial charge in [-0.2, -0.15) is 39.5 Å². The number of amides is 1. The van der Waals surface area contributed by atoms with E-state index in [0.29, 0.717) is 0 Å². The van der Waals surface area contributed by atoms with Gasteiger partial charge in [0.1, 0.15) is 0 Å². The predicted octanol–water partition coefficient (Wildman–Crippen LogP) is 9.87. The van der Waals surface area contributed by atoms with Crippen molar-refractivity contribution in [1.82, 2.24) is 14.5 Å². The van der Waals surface area contributed by atoms with Crippen LogP contribution in [-0.4, -0.2) is 134 Å². The molecule has 1 aliphatic rings. The second kappa shape index (κ2) is 28.2. The zero-order valence-corrected chi connectivity index (χ0v) is 41.5. The van der Waals surface area contributed by atoms with Gasteiger partial charge in [0.05, 0.1) is 4.90 Å². The molecule has 1 fully saturated rings. The summed E-state index contributed by atoms with van der Waals surface area (Å²) in [5.74, 6) is -8.07. The predicted molar refractivity (Wildman–Crippen MR) is 261 cm³/mol. The number of piperazine rings is 1. The number of carbonyl (C=O) groups is 4. The van der Waals surface area contributed by atoms with E-state index in [-0.39, 0.29) is 16.5 Å². The van der Waals surface area contributed by atoms with Crippen LogP contribution in [0.2, 0.25) is 5.02 Å². The number of sulfonamides is 1. The van der Waals surface area contributed by atoms with Crippen LogP contribution in [0.15, 0.2) is 137 Å². The van der Waals surface area contributed by atoms with E-state index in [9.17, 15) is 52.7 Å². The molecule has 402 valence electrons. The minimum atomic E-state index is -5.08. The smallest absolute Gasteiger partial charge is 0.475 e. The Hall–Kier alpha value is -6.54. The van der Waals surface area contributed by atoms with Gasteiger partial charge in [-0.25, -0.2) is 27.5 Å². The van der Waals surface area contributed by atoms with Gasteiger partial charge in [-0.05, 0) is 117 Å². The van der Waals surface area contributed by atoms with Crippen LogP contribution in [0, 0.1) is 0 Å². The Morgan fingerprint density at radius 1 is 0.676 bits per heavy atom. The highest BCUT2D eigenvalue weighted by Crippen LogP contribution is 2.28. The maximum absolute atomic E-state index is 13.2. The lowest BCUT2D eigenvalue weighted by Gasteiger charge is -2.36. The Bertz CT molecular complexity index is 2640. The Morgan fingerprint density at radius 2 is 1.16 bits per heavy atom. The molecule has 1 aliphatic heterocycles. The number of hydrogen-bond donors (Lipinski definition) is 5. The first-order chi connectivity index (χ1) is 34.5. The first-order valence-electron chi connectivity index (χ1n) is 21.5. The SMILES string of the molecule is CN(C)CC[C@H](CSc1ccccc1)Nc1ccc(S(=O)(=O)NC(=O)c2ccc(N3CCN(Cc4ccccc4-c4ccc(Cl)cc4)CC3)cc2)cc1.O=C(O)C(F)(F)F.O=C(O)C(F)(F)F.O=C(O)C(F)(F)F. The first kappa shape index (κ1) is 61.8. The number of thioether (sulfide) groups is 1. The van der Waals surface area contributed by atoms with Gasteiger partial charge in [-0.15, -0.1) is 11.8 Å². The minimum absolute atomic E-state index is 0.0326. The fourth-order valence-electron chi connectivity index (χ4n) is 6.33. The minimum Gasteiger partial charge on any atom is -0.475 e. The molecule has 0 saturated carbocycles. The van der Waals surface area contributed by atoms with Crippen LogP contribution in [0.5, 0.6) is 0 Å². The molecule has 0 aliphatic carbocycles. The molecule has 6 rings (SSSR count). The Kier molecular flexibility index (Phi) is 23.6. The number of halogens is 10. The number of carboxylic acids is 3. The van der Waals surface area contributed by atoms with Crippen molar-refractivity contribution in [3.05, 3.63) is 144 Å². The van der Waals surface area contributed by atoms with Crippen molar-refractivity contribution in [1.29, 1.82) is 0 Å². The fourth-order valence-corrected chi connectivity index (χ4v) is 8.42. The molecule has 5 N–H and O–H groups in total. The second-order valence-corrected chi connectivity index (χ2v) is 19.1. The highest BCUT2D eigenvalue weighted by atomic mass is 35.5. The number of benzene rings is 5. The molecule has 0 aromatic heterocycles. The molecule has 1 saturated heterocycles. The molecule has 1 heterocycles. The number of hydrogen-bond acceptors (Lipinski definition) is 11. The zero-order chi connectivity index (χ0) is 55.4. The molecule has 26 heteroatoms. The van der Waals surface area contributed by atoms with Gasteiger partial charge in [0.15, 0.2) is 0 Å².